The van der Waals surface area contributed by atoms with Crippen molar-refractivity contribution in [3.05, 3.63) is 63.6 Å². The van der Waals surface area contributed by atoms with Gasteiger partial charge in [-0.05, 0) is 62.6 Å². The molecule has 1 aliphatic rings. The van der Waals surface area contributed by atoms with Crippen LogP contribution in [0.3, 0.4) is 0 Å². The number of halogens is 1. The van der Waals surface area contributed by atoms with Crippen molar-refractivity contribution >= 4 is 38.8 Å². The van der Waals surface area contributed by atoms with Crippen LogP contribution in [0.1, 0.15) is 50.8 Å². The molecule has 0 atom stereocenters. The van der Waals surface area contributed by atoms with E-state index in [1.165, 1.54) is 16.8 Å². The fourth-order valence-corrected chi connectivity index (χ4v) is 4.43. The van der Waals surface area contributed by atoms with E-state index in [1.807, 2.05) is 30.3 Å². The zero-order chi connectivity index (χ0) is 21.2. The number of nitriles is 1. The maximum Gasteiger partial charge on any atom is 0.128 e. The lowest BCUT2D eigenvalue weighted by Crippen LogP contribution is -2.45. The SMILES string of the molecule is CCCN1c2cc(OC)c(/C=C(\C#N)c3cccc(Br)c3)cc2C(C)=CC1(C)C. The molecule has 0 fully saturated rings. The molecule has 4 heteroatoms. The highest BCUT2D eigenvalue weighted by molar-refractivity contribution is 9.10. The number of nitrogens with zero attached hydrogens (tertiary/aromatic N) is 2. The van der Waals surface area contributed by atoms with Crippen molar-refractivity contribution in [2.24, 2.45) is 0 Å². The molecule has 0 amide bonds. The zero-order valence-electron chi connectivity index (χ0n) is 17.7. The van der Waals surface area contributed by atoms with Gasteiger partial charge in [-0.2, -0.15) is 5.26 Å². The molecule has 1 aliphatic heterocycles. The summed E-state index contributed by atoms with van der Waals surface area (Å²) in [5.41, 5.74) is 5.96. The Labute approximate surface area is 182 Å². The third-order valence-electron chi connectivity index (χ3n) is 5.33. The molecular weight excluding hydrogens is 424 g/mol. The van der Waals surface area contributed by atoms with Gasteiger partial charge in [0.2, 0.25) is 0 Å². The summed E-state index contributed by atoms with van der Waals surface area (Å²) in [6.07, 6.45) is 5.31. The van der Waals surface area contributed by atoms with E-state index in [0.717, 1.165) is 34.3 Å². The van der Waals surface area contributed by atoms with Crippen LogP contribution >= 0.6 is 15.9 Å². The summed E-state index contributed by atoms with van der Waals surface area (Å²) in [6.45, 7) is 9.83. The van der Waals surface area contributed by atoms with Gasteiger partial charge in [0.1, 0.15) is 5.75 Å². The molecule has 0 bridgehead atoms. The molecule has 0 spiro atoms. The minimum absolute atomic E-state index is 0.0520. The van der Waals surface area contributed by atoms with Gasteiger partial charge in [-0.1, -0.05) is 41.1 Å². The summed E-state index contributed by atoms with van der Waals surface area (Å²) < 4.78 is 6.69. The monoisotopic (exact) mass is 450 g/mol. The lowest BCUT2D eigenvalue weighted by atomic mass is 9.87. The summed E-state index contributed by atoms with van der Waals surface area (Å²) in [6, 6.07) is 14.4. The van der Waals surface area contributed by atoms with Gasteiger partial charge in [0.05, 0.1) is 24.3 Å². The van der Waals surface area contributed by atoms with Crippen LogP contribution in [0, 0.1) is 11.3 Å². The first-order chi connectivity index (χ1) is 13.8. The summed E-state index contributed by atoms with van der Waals surface area (Å²) in [5.74, 6) is 0.776. The van der Waals surface area contributed by atoms with E-state index in [2.05, 4.69) is 72.8 Å². The highest BCUT2D eigenvalue weighted by Crippen LogP contribution is 2.43. The Hall–Kier alpha value is -2.51. The average molecular weight is 451 g/mol. The average Bonchev–Trinajstić information content (AvgIpc) is 2.68. The van der Waals surface area contributed by atoms with E-state index in [1.54, 1.807) is 7.11 Å². The first-order valence-electron chi connectivity index (χ1n) is 9.88. The van der Waals surface area contributed by atoms with Crippen LogP contribution in [0.5, 0.6) is 5.75 Å². The second kappa shape index (κ2) is 8.47. The van der Waals surface area contributed by atoms with Gasteiger partial charge in [-0.15, -0.1) is 0 Å². The maximum absolute atomic E-state index is 9.77. The minimum Gasteiger partial charge on any atom is -0.496 e. The number of hydrogen-bond donors (Lipinski definition) is 0. The van der Waals surface area contributed by atoms with Crippen LogP contribution in [0.15, 0.2) is 46.9 Å². The van der Waals surface area contributed by atoms with E-state index < -0.39 is 0 Å². The third-order valence-corrected chi connectivity index (χ3v) is 5.83. The highest BCUT2D eigenvalue weighted by Gasteiger charge is 2.31. The molecule has 1 heterocycles. The van der Waals surface area contributed by atoms with E-state index >= 15 is 0 Å². The summed E-state index contributed by atoms with van der Waals surface area (Å²) >= 11 is 3.49. The molecule has 0 aromatic heterocycles. The quantitative estimate of drug-likeness (QED) is 0.365. The number of benzene rings is 2. The van der Waals surface area contributed by atoms with E-state index in [9.17, 15) is 5.26 Å². The summed E-state index contributed by atoms with van der Waals surface area (Å²) in [5, 5.41) is 9.77. The molecule has 29 heavy (non-hydrogen) atoms. The molecule has 2 aromatic rings. The maximum atomic E-state index is 9.77. The topological polar surface area (TPSA) is 36.3 Å². The van der Waals surface area contributed by atoms with Crippen LogP contribution < -0.4 is 9.64 Å². The Morgan fingerprint density at radius 3 is 2.66 bits per heavy atom. The Balaban J connectivity index is 2.18. The van der Waals surface area contributed by atoms with Gasteiger partial charge in [0.25, 0.3) is 0 Å². The normalized spacial score (nSPS) is 15.4. The minimum atomic E-state index is -0.0520. The fourth-order valence-electron chi connectivity index (χ4n) is 4.03. The molecule has 3 rings (SSSR count). The number of allylic oxidation sites excluding steroid dienone is 2. The lowest BCUT2D eigenvalue weighted by Gasteiger charge is -2.43. The number of hydrogen-bond acceptors (Lipinski definition) is 3. The van der Waals surface area contributed by atoms with Crippen molar-refractivity contribution in [2.45, 2.75) is 39.7 Å². The van der Waals surface area contributed by atoms with Gasteiger partial charge >= 0.3 is 0 Å². The van der Waals surface area contributed by atoms with Crippen LogP contribution in [0.25, 0.3) is 17.2 Å². The molecule has 3 nitrogen and oxygen atoms in total. The van der Waals surface area contributed by atoms with Gasteiger partial charge < -0.3 is 9.64 Å². The second-order valence-electron chi connectivity index (χ2n) is 7.92. The number of methoxy groups -OCH3 is 1. The Kier molecular flexibility index (Phi) is 6.19. The number of ether oxygens (including phenoxy) is 1. The van der Waals surface area contributed by atoms with Crippen LogP contribution in [0.2, 0.25) is 0 Å². The first-order valence-corrected chi connectivity index (χ1v) is 10.7. The van der Waals surface area contributed by atoms with Gasteiger partial charge in [0, 0.05) is 33.9 Å². The van der Waals surface area contributed by atoms with Crippen molar-refractivity contribution in [3.63, 3.8) is 0 Å². The molecule has 150 valence electrons. The summed E-state index contributed by atoms with van der Waals surface area (Å²) in [7, 11) is 1.69. The van der Waals surface area contributed by atoms with Gasteiger partial charge in [-0.25, -0.2) is 0 Å². The highest BCUT2D eigenvalue weighted by atomic mass is 79.9. The Bertz CT molecular complexity index is 1030. The van der Waals surface area contributed by atoms with Crippen molar-refractivity contribution < 1.29 is 4.74 Å². The molecular formula is C25H27BrN2O. The number of rotatable bonds is 5. The first kappa shape index (κ1) is 21.2. The zero-order valence-corrected chi connectivity index (χ0v) is 19.3. The molecule has 0 N–H and O–H groups in total. The predicted octanol–water partition coefficient (Wildman–Crippen LogP) is 6.93. The van der Waals surface area contributed by atoms with Crippen molar-refractivity contribution in [1.29, 1.82) is 5.26 Å². The Morgan fingerprint density at radius 1 is 1.28 bits per heavy atom. The smallest absolute Gasteiger partial charge is 0.128 e. The molecule has 0 saturated carbocycles. The molecule has 0 radical (unpaired) electrons. The lowest BCUT2D eigenvalue weighted by molar-refractivity contribution is 0.413. The Morgan fingerprint density at radius 2 is 2.03 bits per heavy atom. The molecule has 2 aromatic carbocycles. The number of fused-ring (bicyclic) bond motifs is 1. The van der Waals surface area contributed by atoms with Crippen LogP contribution in [-0.4, -0.2) is 19.2 Å². The predicted molar refractivity (Wildman–Crippen MR) is 126 cm³/mol. The van der Waals surface area contributed by atoms with Gasteiger partial charge in [-0.3, -0.25) is 0 Å². The molecule has 0 saturated heterocycles. The van der Waals surface area contributed by atoms with E-state index in [0.29, 0.717) is 5.57 Å². The van der Waals surface area contributed by atoms with Crippen molar-refractivity contribution in [2.75, 3.05) is 18.6 Å². The number of anilines is 1. The van der Waals surface area contributed by atoms with Crippen LogP contribution in [0.4, 0.5) is 5.69 Å². The van der Waals surface area contributed by atoms with Crippen molar-refractivity contribution in [1.82, 2.24) is 0 Å². The van der Waals surface area contributed by atoms with Gasteiger partial charge in [0.15, 0.2) is 0 Å². The standard InChI is InChI=1S/C25H27BrN2O/c1-6-10-28-23-14-24(29-5)19(13-22(23)17(2)15-25(28,3)4)11-20(16-27)18-8-7-9-21(26)12-18/h7-9,11-15H,6,10H2,1-5H3/b20-11+. The van der Waals surface area contributed by atoms with E-state index in [-0.39, 0.29) is 5.54 Å². The molecule has 0 aliphatic carbocycles. The largest absolute Gasteiger partial charge is 0.496 e. The fraction of sp³-hybridized carbons (Fsp3) is 0.320. The molecule has 0 unspecified atom stereocenters. The van der Waals surface area contributed by atoms with E-state index in [4.69, 9.17) is 4.74 Å². The summed E-state index contributed by atoms with van der Waals surface area (Å²) in [4.78, 5) is 2.44. The second-order valence-corrected chi connectivity index (χ2v) is 8.84. The van der Waals surface area contributed by atoms with Crippen molar-refractivity contribution in [3.8, 4) is 11.8 Å². The van der Waals surface area contributed by atoms with Crippen LogP contribution in [-0.2, 0) is 0 Å². The third kappa shape index (κ3) is 4.26.